The van der Waals surface area contributed by atoms with Crippen LogP contribution in [0.2, 0.25) is 0 Å². The van der Waals surface area contributed by atoms with Crippen molar-refractivity contribution in [2.45, 2.75) is 39.3 Å². The second kappa shape index (κ2) is 9.64. The maximum atomic E-state index is 12.9. The standard InChI is InChI=1S/C18H27N3O2.ClH/c1-4-13(2)16(18(23)21-11-10-19-14(3)12-21)20-17(22)15-8-6-5-7-9-15;/h5-9,13-14,16,19H,4,10-12H2,1-3H3,(H,20,22);1H. The molecule has 0 aromatic heterocycles. The lowest BCUT2D eigenvalue weighted by atomic mass is 9.96. The first kappa shape index (κ1) is 20.5. The average Bonchev–Trinajstić information content (AvgIpc) is 2.59. The molecule has 0 radical (unpaired) electrons. The highest BCUT2D eigenvalue weighted by molar-refractivity contribution is 5.97. The van der Waals surface area contributed by atoms with Gasteiger partial charge < -0.3 is 15.5 Å². The molecule has 1 fully saturated rings. The maximum Gasteiger partial charge on any atom is 0.251 e. The molecule has 2 rings (SSSR count). The van der Waals surface area contributed by atoms with Crippen LogP contribution in [0.25, 0.3) is 0 Å². The summed E-state index contributed by atoms with van der Waals surface area (Å²) in [6.07, 6.45) is 0.840. The van der Waals surface area contributed by atoms with Crippen LogP contribution in [0.4, 0.5) is 0 Å². The summed E-state index contributed by atoms with van der Waals surface area (Å²) in [4.78, 5) is 27.2. The first-order chi connectivity index (χ1) is 11.0. The Morgan fingerprint density at radius 2 is 2.00 bits per heavy atom. The van der Waals surface area contributed by atoms with Crippen LogP contribution in [0, 0.1) is 5.92 Å². The van der Waals surface area contributed by atoms with E-state index >= 15 is 0 Å². The number of halogens is 1. The van der Waals surface area contributed by atoms with Gasteiger partial charge >= 0.3 is 0 Å². The van der Waals surface area contributed by atoms with Crippen LogP contribution in [-0.2, 0) is 4.79 Å². The van der Waals surface area contributed by atoms with E-state index in [-0.39, 0.29) is 36.2 Å². The molecule has 1 aromatic carbocycles. The van der Waals surface area contributed by atoms with Gasteiger partial charge in [0.2, 0.25) is 5.91 Å². The van der Waals surface area contributed by atoms with E-state index in [2.05, 4.69) is 17.6 Å². The number of benzene rings is 1. The van der Waals surface area contributed by atoms with Gasteiger partial charge in [0.1, 0.15) is 6.04 Å². The van der Waals surface area contributed by atoms with E-state index in [1.54, 1.807) is 12.1 Å². The molecule has 5 nitrogen and oxygen atoms in total. The largest absolute Gasteiger partial charge is 0.340 e. The molecule has 2 N–H and O–H groups in total. The summed E-state index contributed by atoms with van der Waals surface area (Å²) in [5, 5.41) is 6.28. The van der Waals surface area contributed by atoms with E-state index < -0.39 is 6.04 Å². The third-order valence-electron chi connectivity index (χ3n) is 4.48. The van der Waals surface area contributed by atoms with Gasteiger partial charge in [-0.15, -0.1) is 12.4 Å². The fourth-order valence-corrected chi connectivity index (χ4v) is 2.83. The molecule has 1 aliphatic heterocycles. The first-order valence-electron chi connectivity index (χ1n) is 8.41. The van der Waals surface area contributed by atoms with Crippen molar-refractivity contribution < 1.29 is 9.59 Å². The van der Waals surface area contributed by atoms with Gasteiger partial charge in [-0.05, 0) is 25.0 Å². The van der Waals surface area contributed by atoms with Crippen LogP contribution in [0.5, 0.6) is 0 Å². The second-order valence-electron chi connectivity index (χ2n) is 6.34. The summed E-state index contributed by atoms with van der Waals surface area (Å²) >= 11 is 0. The number of nitrogens with zero attached hydrogens (tertiary/aromatic N) is 1. The smallest absolute Gasteiger partial charge is 0.251 e. The minimum absolute atomic E-state index is 0. The minimum atomic E-state index is -0.474. The van der Waals surface area contributed by atoms with Gasteiger partial charge in [-0.1, -0.05) is 38.5 Å². The van der Waals surface area contributed by atoms with Crippen LogP contribution in [0.15, 0.2) is 30.3 Å². The van der Waals surface area contributed by atoms with E-state index in [0.717, 1.165) is 13.0 Å². The Balaban J connectivity index is 0.00000288. The first-order valence-corrected chi connectivity index (χ1v) is 8.41. The highest BCUT2D eigenvalue weighted by atomic mass is 35.5. The third-order valence-corrected chi connectivity index (χ3v) is 4.48. The number of rotatable bonds is 5. The van der Waals surface area contributed by atoms with Crippen LogP contribution in [0.3, 0.4) is 0 Å². The lowest BCUT2D eigenvalue weighted by Crippen LogP contribution is -2.58. The van der Waals surface area contributed by atoms with Gasteiger partial charge in [0, 0.05) is 31.2 Å². The minimum Gasteiger partial charge on any atom is -0.340 e. The van der Waals surface area contributed by atoms with Crippen molar-refractivity contribution in [2.24, 2.45) is 5.92 Å². The molecule has 3 atom stereocenters. The highest BCUT2D eigenvalue weighted by Crippen LogP contribution is 2.13. The molecule has 24 heavy (non-hydrogen) atoms. The Bertz CT molecular complexity index is 538. The molecule has 1 aliphatic rings. The molecule has 1 saturated heterocycles. The predicted octanol–water partition coefficient (Wildman–Crippen LogP) is 2.07. The Morgan fingerprint density at radius 3 is 2.58 bits per heavy atom. The number of hydrogen-bond donors (Lipinski definition) is 2. The normalized spacial score (nSPS) is 19.8. The van der Waals surface area contributed by atoms with Gasteiger partial charge in [0.25, 0.3) is 5.91 Å². The SMILES string of the molecule is CCC(C)C(NC(=O)c1ccccc1)C(=O)N1CCNC(C)C1.Cl. The van der Waals surface area contributed by atoms with Crippen molar-refractivity contribution in [3.05, 3.63) is 35.9 Å². The van der Waals surface area contributed by atoms with Gasteiger partial charge in [0.15, 0.2) is 0 Å². The lowest BCUT2D eigenvalue weighted by molar-refractivity contribution is -0.135. The molecular weight excluding hydrogens is 326 g/mol. The fraction of sp³-hybridized carbons (Fsp3) is 0.556. The van der Waals surface area contributed by atoms with Gasteiger partial charge in [-0.2, -0.15) is 0 Å². The van der Waals surface area contributed by atoms with Gasteiger partial charge in [-0.25, -0.2) is 0 Å². The maximum absolute atomic E-state index is 12.9. The summed E-state index contributed by atoms with van der Waals surface area (Å²) in [6, 6.07) is 8.87. The van der Waals surface area contributed by atoms with E-state index in [1.165, 1.54) is 0 Å². The average molecular weight is 354 g/mol. The monoisotopic (exact) mass is 353 g/mol. The fourth-order valence-electron chi connectivity index (χ4n) is 2.83. The van der Waals surface area contributed by atoms with Crippen molar-refractivity contribution in [2.75, 3.05) is 19.6 Å². The highest BCUT2D eigenvalue weighted by Gasteiger charge is 2.31. The van der Waals surface area contributed by atoms with Crippen LogP contribution in [0.1, 0.15) is 37.6 Å². The number of nitrogens with one attached hydrogen (secondary N) is 2. The topological polar surface area (TPSA) is 61.4 Å². The molecule has 2 amide bonds. The zero-order chi connectivity index (χ0) is 16.8. The number of carbonyl (C=O) groups is 2. The molecule has 1 heterocycles. The Labute approximate surface area is 150 Å². The number of amides is 2. The van der Waals surface area contributed by atoms with Crippen molar-refractivity contribution in [3.63, 3.8) is 0 Å². The van der Waals surface area contributed by atoms with E-state index in [4.69, 9.17) is 0 Å². The van der Waals surface area contributed by atoms with E-state index in [1.807, 2.05) is 36.9 Å². The second-order valence-corrected chi connectivity index (χ2v) is 6.34. The van der Waals surface area contributed by atoms with Gasteiger partial charge in [0.05, 0.1) is 0 Å². The molecule has 6 heteroatoms. The predicted molar refractivity (Wildman–Crippen MR) is 98.4 cm³/mol. The molecule has 1 aromatic rings. The quantitative estimate of drug-likeness (QED) is 0.852. The molecular formula is C18H28ClN3O2. The van der Waals surface area contributed by atoms with E-state index in [9.17, 15) is 9.59 Å². The summed E-state index contributed by atoms with van der Waals surface area (Å²) in [5.41, 5.74) is 0.585. The Hall–Kier alpha value is -1.59. The summed E-state index contributed by atoms with van der Waals surface area (Å²) in [5.74, 6) is -0.0650. The molecule has 0 bridgehead atoms. The molecule has 3 unspecified atom stereocenters. The van der Waals surface area contributed by atoms with Crippen LogP contribution < -0.4 is 10.6 Å². The Morgan fingerprint density at radius 1 is 1.33 bits per heavy atom. The van der Waals surface area contributed by atoms with Gasteiger partial charge in [-0.3, -0.25) is 9.59 Å². The van der Waals surface area contributed by atoms with E-state index in [0.29, 0.717) is 18.7 Å². The zero-order valence-corrected chi connectivity index (χ0v) is 15.4. The van der Waals surface area contributed by atoms with Crippen LogP contribution >= 0.6 is 12.4 Å². The zero-order valence-electron chi connectivity index (χ0n) is 14.6. The number of hydrogen-bond acceptors (Lipinski definition) is 3. The van der Waals surface area contributed by atoms with Crippen molar-refractivity contribution in [1.29, 1.82) is 0 Å². The molecule has 0 aliphatic carbocycles. The lowest BCUT2D eigenvalue weighted by Gasteiger charge is -2.36. The van der Waals surface area contributed by atoms with Crippen molar-refractivity contribution >= 4 is 24.2 Å². The molecule has 0 spiro atoms. The summed E-state index contributed by atoms with van der Waals surface area (Å²) in [6.45, 7) is 8.30. The molecule has 134 valence electrons. The number of piperazine rings is 1. The summed E-state index contributed by atoms with van der Waals surface area (Å²) in [7, 11) is 0. The summed E-state index contributed by atoms with van der Waals surface area (Å²) < 4.78 is 0. The third kappa shape index (κ3) is 5.21. The Kier molecular flexibility index (Phi) is 8.22. The van der Waals surface area contributed by atoms with Crippen molar-refractivity contribution in [3.8, 4) is 0 Å². The van der Waals surface area contributed by atoms with Crippen LogP contribution in [-0.4, -0.2) is 48.4 Å². The number of carbonyl (C=O) groups excluding carboxylic acids is 2. The van der Waals surface area contributed by atoms with Crippen molar-refractivity contribution in [1.82, 2.24) is 15.5 Å². The molecule has 0 saturated carbocycles.